The van der Waals surface area contributed by atoms with Gasteiger partial charge in [-0.3, -0.25) is 9.69 Å². The van der Waals surface area contributed by atoms with E-state index in [0.29, 0.717) is 12.5 Å². The van der Waals surface area contributed by atoms with E-state index in [-0.39, 0.29) is 12.5 Å². The number of carboxylic acid groups (broad SMARTS) is 1. The third-order valence-electron chi connectivity index (χ3n) is 3.32. The summed E-state index contributed by atoms with van der Waals surface area (Å²) in [4.78, 5) is 12.9. The average molecular weight is 284 g/mol. The van der Waals surface area contributed by atoms with Gasteiger partial charge < -0.3 is 5.11 Å². The highest BCUT2D eigenvalue weighted by Crippen LogP contribution is 2.28. The highest BCUT2D eigenvalue weighted by atomic mass is 35.5. The van der Waals surface area contributed by atoms with Crippen molar-refractivity contribution in [1.82, 2.24) is 4.90 Å². The molecule has 0 saturated carbocycles. The first-order valence-corrected chi connectivity index (χ1v) is 7.03. The number of rotatable bonds is 7. The molecule has 0 bridgehead atoms. The summed E-state index contributed by atoms with van der Waals surface area (Å²) in [6.07, 6.45) is 0.862. The fourth-order valence-electron chi connectivity index (χ4n) is 2.30. The lowest BCUT2D eigenvalue weighted by Crippen LogP contribution is -2.34. The number of aliphatic carboxylic acids is 1. The summed E-state index contributed by atoms with van der Waals surface area (Å²) in [5.41, 5.74) is 1.09. The van der Waals surface area contributed by atoms with E-state index in [1.807, 2.05) is 24.3 Å². The Kier molecular flexibility index (Phi) is 6.32. The van der Waals surface area contributed by atoms with E-state index in [2.05, 4.69) is 25.7 Å². The molecule has 19 heavy (non-hydrogen) atoms. The molecule has 0 amide bonds. The minimum absolute atomic E-state index is 0.183. The van der Waals surface area contributed by atoms with Crippen LogP contribution in [0, 0.1) is 0 Å². The summed E-state index contributed by atoms with van der Waals surface area (Å²) in [5, 5.41) is 9.49. The molecule has 106 valence electrons. The van der Waals surface area contributed by atoms with Crippen LogP contribution in [0.15, 0.2) is 24.3 Å². The van der Waals surface area contributed by atoms with E-state index in [9.17, 15) is 4.79 Å². The first-order chi connectivity index (χ1) is 8.93. The highest BCUT2D eigenvalue weighted by molar-refractivity contribution is 6.31. The van der Waals surface area contributed by atoms with Crippen LogP contribution in [0.2, 0.25) is 5.02 Å². The van der Waals surface area contributed by atoms with Crippen molar-refractivity contribution in [2.75, 3.05) is 6.54 Å². The Bertz CT molecular complexity index is 420. The van der Waals surface area contributed by atoms with Crippen LogP contribution in [0.5, 0.6) is 0 Å². The van der Waals surface area contributed by atoms with Crippen LogP contribution in [0.25, 0.3) is 0 Å². The van der Waals surface area contributed by atoms with E-state index >= 15 is 0 Å². The Morgan fingerprint density at radius 2 is 1.95 bits per heavy atom. The largest absolute Gasteiger partial charge is 0.481 e. The summed E-state index contributed by atoms with van der Waals surface area (Å²) in [7, 11) is 0. The van der Waals surface area contributed by atoms with Crippen LogP contribution in [0.3, 0.4) is 0 Å². The monoisotopic (exact) mass is 283 g/mol. The second-order valence-electron chi connectivity index (χ2n) is 5.03. The van der Waals surface area contributed by atoms with E-state index < -0.39 is 5.97 Å². The molecule has 0 heterocycles. The average Bonchev–Trinajstić information content (AvgIpc) is 2.33. The fourth-order valence-corrected chi connectivity index (χ4v) is 2.60. The maximum Gasteiger partial charge on any atom is 0.303 e. The Morgan fingerprint density at radius 1 is 1.32 bits per heavy atom. The predicted octanol–water partition coefficient (Wildman–Crippen LogP) is 3.98. The van der Waals surface area contributed by atoms with Crippen molar-refractivity contribution in [1.29, 1.82) is 0 Å². The van der Waals surface area contributed by atoms with Gasteiger partial charge in [0.1, 0.15) is 0 Å². The van der Waals surface area contributed by atoms with Gasteiger partial charge in [-0.1, -0.05) is 29.8 Å². The Labute approximate surface area is 120 Å². The van der Waals surface area contributed by atoms with Crippen LogP contribution >= 0.6 is 11.6 Å². The predicted molar refractivity (Wildman–Crippen MR) is 78.6 cm³/mol. The lowest BCUT2D eigenvalue weighted by Gasteiger charge is -2.33. The van der Waals surface area contributed by atoms with Crippen molar-refractivity contribution in [2.24, 2.45) is 0 Å². The molecule has 0 fully saturated rings. The number of carbonyl (C=O) groups is 1. The van der Waals surface area contributed by atoms with Crippen LogP contribution in [-0.2, 0) is 4.79 Å². The van der Waals surface area contributed by atoms with E-state index in [4.69, 9.17) is 16.7 Å². The molecule has 3 nitrogen and oxygen atoms in total. The van der Waals surface area contributed by atoms with Crippen LogP contribution in [-0.4, -0.2) is 28.6 Å². The smallest absolute Gasteiger partial charge is 0.303 e. The molecule has 1 rings (SSSR count). The van der Waals surface area contributed by atoms with Gasteiger partial charge in [-0.05, 0) is 45.4 Å². The number of benzene rings is 1. The fraction of sp³-hybridized carbons (Fsp3) is 0.533. The first kappa shape index (κ1) is 16.0. The second kappa shape index (κ2) is 7.51. The van der Waals surface area contributed by atoms with Gasteiger partial charge in [-0.15, -0.1) is 0 Å². The van der Waals surface area contributed by atoms with E-state index in [1.54, 1.807) is 0 Å². The number of nitrogens with zero attached hydrogens (tertiary/aromatic N) is 1. The third-order valence-corrected chi connectivity index (χ3v) is 3.67. The second-order valence-corrected chi connectivity index (χ2v) is 5.43. The van der Waals surface area contributed by atoms with Gasteiger partial charge in [0.05, 0.1) is 0 Å². The number of halogens is 1. The maximum absolute atomic E-state index is 10.6. The van der Waals surface area contributed by atoms with Gasteiger partial charge in [-0.25, -0.2) is 0 Å². The Balaban J connectivity index is 2.76. The van der Waals surface area contributed by atoms with Crippen LogP contribution in [0.1, 0.15) is 45.2 Å². The minimum atomic E-state index is -0.742. The molecule has 0 aromatic heterocycles. The molecular formula is C15H22ClNO2. The van der Waals surface area contributed by atoms with Gasteiger partial charge in [0.15, 0.2) is 0 Å². The molecule has 1 unspecified atom stereocenters. The third kappa shape index (κ3) is 4.84. The summed E-state index contributed by atoms with van der Waals surface area (Å²) in [6, 6.07) is 8.35. The molecule has 1 atom stereocenters. The summed E-state index contributed by atoms with van der Waals surface area (Å²) in [6.45, 7) is 7.11. The minimum Gasteiger partial charge on any atom is -0.481 e. The lowest BCUT2D eigenvalue weighted by molar-refractivity contribution is -0.137. The van der Waals surface area contributed by atoms with Gasteiger partial charge in [-0.2, -0.15) is 0 Å². The van der Waals surface area contributed by atoms with Gasteiger partial charge in [0, 0.05) is 23.5 Å². The van der Waals surface area contributed by atoms with Gasteiger partial charge >= 0.3 is 5.97 Å². The van der Waals surface area contributed by atoms with Crippen molar-refractivity contribution in [3.63, 3.8) is 0 Å². The van der Waals surface area contributed by atoms with Crippen LogP contribution in [0.4, 0.5) is 0 Å². The molecule has 0 radical (unpaired) electrons. The molecule has 0 aliphatic rings. The molecular weight excluding hydrogens is 262 g/mol. The molecule has 1 aromatic rings. The quantitative estimate of drug-likeness (QED) is 0.823. The summed E-state index contributed by atoms with van der Waals surface area (Å²) >= 11 is 6.23. The summed E-state index contributed by atoms with van der Waals surface area (Å²) in [5.74, 6) is -0.742. The first-order valence-electron chi connectivity index (χ1n) is 6.65. The standard InChI is InChI=1S/C15H22ClNO2/c1-11(2)17(10-6-9-15(18)19)12(3)13-7-4-5-8-14(13)16/h4-5,7-8,11-12H,6,9-10H2,1-3H3,(H,18,19). The van der Waals surface area contributed by atoms with E-state index in [0.717, 1.165) is 17.1 Å². The maximum atomic E-state index is 10.6. The zero-order valence-electron chi connectivity index (χ0n) is 11.8. The van der Waals surface area contributed by atoms with E-state index in [1.165, 1.54) is 0 Å². The van der Waals surface area contributed by atoms with Crippen molar-refractivity contribution in [3.8, 4) is 0 Å². The number of carboxylic acids is 1. The normalized spacial score (nSPS) is 12.9. The zero-order valence-corrected chi connectivity index (χ0v) is 12.5. The molecule has 0 aliphatic heterocycles. The van der Waals surface area contributed by atoms with Crippen molar-refractivity contribution < 1.29 is 9.90 Å². The number of hydrogen-bond acceptors (Lipinski definition) is 2. The van der Waals surface area contributed by atoms with Crippen LogP contribution < -0.4 is 0 Å². The summed E-state index contributed by atoms with van der Waals surface area (Å²) < 4.78 is 0. The molecule has 1 N–H and O–H groups in total. The van der Waals surface area contributed by atoms with Gasteiger partial charge in [0.2, 0.25) is 0 Å². The molecule has 0 saturated heterocycles. The Hall–Kier alpha value is -1.06. The lowest BCUT2D eigenvalue weighted by atomic mass is 10.0. The van der Waals surface area contributed by atoms with Crippen molar-refractivity contribution in [3.05, 3.63) is 34.9 Å². The molecule has 0 aliphatic carbocycles. The Morgan fingerprint density at radius 3 is 2.47 bits per heavy atom. The SMILES string of the molecule is CC(C)N(CCCC(=O)O)C(C)c1ccccc1Cl. The van der Waals surface area contributed by atoms with Crippen molar-refractivity contribution in [2.45, 2.75) is 45.7 Å². The molecule has 4 heteroatoms. The zero-order chi connectivity index (χ0) is 14.4. The van der Waals surface area contributed by atoms with Crippen molar-refractivity contribution >= 4 is 17.6 Å². The van der Waals surface area contributed by atoms with Gasteiger partial charge in [0.25, 0.3) is 0 Å². The molecule has 0 spiro atoms. The topological polar surface area (TPSA) is 40.5 Å². The molecule has 1 aromatic carbocycles. The highest BCUT2D eigenvalue weighted by Gasteiger charge is 2.20. The number of hydrogen-bond donors (Lipinski definition) is 1.